The molecule has 0 aromatic heterocycles. The first kappa shape index (κ1) is 18.0. The predicted molar refractivity (Wildman–Crippen MR) is 96.1 cm³/mol. The molecule has 3 rings (SSSR count). The van der Waals surface area contributed by atoms with Gasteiger partial charge in [-0.3, -0.25) is 0 Å². The fourth-order valence-electron chi connectivity index (χ4n) is 3.90. The number of rotatable bonds is 4. The second kappa shape index (κ2) is 8.04. The molecule has 5 nitrogen and oxygen atoms in total. The van der Waals surface area contributed by atoms with E-state index in [9.17, 15) is 14.3 Å². The number of aliphatic hydroxyl groups is 1. The second-order valence-electron chi connectivity index (χ2n) is 7.33. The van der Waals surface area contributed by atoms with E-state index >= 15 is 0 Å². The van der Waals surface area contributed by atoms with Gasteiger partial charge in [0.2, 0.25) is 0 Å². The number of halogens is 1. The average molecular weight is 349 g/mol. The number of nitrogens with one attached hydrogen (secondary N) is 1. The van der Waals surface area contributed by atoms with E-state index in [1.54, 1.807) is 24.1 Å². The summed E-state index contributed by atoms with van der Waals surface area (Å²) in [5.74, 6) is -0.0192. The fourth-order valence-corrected chi connectivity index (χ4v) is 3.90. The lowest BCUT2D eigenvalue weighted by Gasteiger charge is -2.35. The molecule has 1 aliphatic heterocycles. The maximum atomic E-state index is 13.3. The van der Waals surface area contributed by atoms with Gasteiger partial charge in [0, 0.05) is 44.3 Å². The van der Waals surface area contributed by atoms with Crippen molar-refractivity contribution >= 4 is 11.7 Å². The van der Waals surface area contributed by atoms with Crippen LogP contribution in [0.1, 0.15) is 32.1 Å². The normalized spacial score (nSPS) is 24.4. The molecule has 2 amide bonds. The first-order valence-electron chi connectivity index (χ1n) is 9.23. The van der Waals surface area contributed by atoms with Crippen molar-refractivity contribution in [3.63, 3.8) is 0 Å². The number of nitrogens with zero attached hydrogens (tertiary/aromatic N) is 2. The van der Waals surface area contributed by atoms with Gasteiger partial charge in [-0.1, -0.05) is 12.5 Å². The zero-order valence-corrected chi connectivity index (χ0v) is 14.8. The molecule has 1 heterocycles. The number of aliphatic hydroxyl groups excluding tert-OH is 1. The Kier molecular flexibility index (Phi) is 5.78. The van der Waals surface area contributed by atoms with Gasteiger partial charge in [0.25, 0.3) is 0 Å². The number of benzene rings is 1. The number of hydrogen-bond acceptors (Lipinski definition) is 3. The van der Waals surface area contributed by atoms with Crippen LogP contribution in [0.15, 0.2) is 24.3 Å². The van der Waals surface area contributed by atoms with Crippen LogP contribution in [0.25, 0.3) is 0 Å². The van der Waals surface area contributed by atoms with Gasteiger partial charge < -0.3 is 20.2 Å². The Bertz CT molecular complexity index is 590. The molecule has 1 aromatic rings. The van der Waals surface area contributed by atoms with Crippen LogP contribution in [0.4, 0.5) is 14.9 Å². The molecule has 25 heavy (non-hydrogen) atoms. The van der Waals surface area contributed by atoms with E-state index in [-0.39, 0.29) is 29.9 Å². The maximum Gasteiger partial charge on any atom is 0.317 e. The lowest BCUT2D eigenvalue weighted by atomic mass is 10.0. The van der Waals surface area contributed by atoms with Crippen LogP contribution < -0.4 is 10.2 Å². The van der Waals surface area contributed by atoms with Crippen molar-refractivity contribution in [2.45, 2.75) is 44.2 Å². The summed E-state index contributed by atoms with van der Waals surface area (Å²) in [6, 6.07) is 6.73. The van der Waals surface area contributed by atoms with Crippen molar-refractivity contribution in [3.8, 4) is 0 Å². The van der Waals surface area contributed by atoms with Crippen LogP contribution >= 0.6 is 0 Å². The largest absolute Gasteiger partial charge is 0.393 e. The summed E-state index contributed by atoms with van der Waals surface area (Å²) >= 11 is 0. The first-order valence-corrected chi connectivity index (χ1v) is 9.23. The molecule has 0 spiro atoms. The molecule has 1 aliphatic carbocycles. The van der Waals surface area contributed by atoms with Crippen molar-refractivity contribution in [1.82, 2.24) is 10.2 Å². The third-order valence-corrected chi connectivity index (χ3v) is 5.47. The molecule has 0 bridgehead atoms. The Labute approximate surface area is 148 Å². The lowest BCUT2D eigenvalue weighted by molar-refractivity contribution is 0.113. The summed E-state index contributed by atoms with van der Waals surface area (Å²) in [6.07, 6.45) is 4.30. The van der Waals surface area contributed by atoms with E-state index in [1.807, 2.05) is 6.07 Å². The summed E-state index contributed by atoms with van der Waals surface area (Å²) < 4.78 is 13.3. The minimum atomic E-state index is -0.273. The molecule has 2 unspecified atom stereocenters. The van der Waals surface area contributed by atoms with Gasteiger partial charge in [-0.05, 0) is 43.9 Å². The van der Waals surface area contributed by atoms with E-state index in [0.29, 0.717) is 6.54 Å². The molecule has 138 valence electrons. The van der Waals surface area contributed by atoms with Crippen LogP contribution in [0, 0.1) is 11.7 Å². The Hall–Kier alpha value is -1.82. The monoisotopic (exact) mass is 349 g/mol. The third-order valence-electron chi connectivity index (χ3n) is 5.47. The van der Waals surface area contributed by atoms with Crippen LogP contribution in [-0.4, -0.2) is 54.9 Å². The van der Waals surface area contributed by atoms with E-state index in [1.165, 1.54) is 6.07 Å². The van der Waals surface area contributed by atoms with Gasteiger partial charge in [0.15, 0.2) is 0 Å². The summed E-state index contributed by atoms with van der Waals surface area (Å²) in [4.78, 5) is 16.2. The van der Waals surface area contributed by atoms with E-state index in [0.717, 1.165) is 50.9 Å². The van der Waals surface area contributed by atoms with Gasteiger partial charge in [-0.2, -0.15) is 0 Å². The van der Waals surface area contributed by atoms with Gasteiger partial charge in [0.05, 0.1) is 6.10 Å². The standard InChI is InChI=1S/C19H28FN3O2/c1-22(13-14-4-2-7-18(14)24)19(25)21-16-8-10-23(11-9-16)17-6-3-5-15(20)12-17/h3,5-6,12,14,16,18,24H,2,4,7-11,13H2,1H3,(H,21,25). The van der Waals surface area contributed by atoms with Gasteiger partial charge in [-0.15, -0.1) is 0 Å². The SMILES string of the molecule is CN(CC1CCCC1O)C(=O)NC1CCN(c2cccc(F)c2)CC1. The minimum Gasteiger partial charge on any atom is -0.393 e. The second-order valence-corrected chi connectivity index (χ2v) is 7.33. The lowest BCUT2D eigenvalue weighted by Crippen LogP contribution is -2.49. The highest BCUT2D eigenvalue weighted by atomic mass is 19.1. The molecule has 1 saturated heterocycles. The highest BCUT2D eigenvalue weighted by Crippen LogP contribution is 2.26. The molecule has 2 aliphatic rings. The summed E-state index contributed by atoms with van der Waals surface area (Å²) in [7, 11) is 1.79. The van der Waals surface area contributed by atoms with Crippen molar-refractivity contribution in [1.29, 1.82) is 0 Å². The van der Waals surface area contributed by atoms with Crippen molar-refractivity contribution < 1.29 is 14.3 Å². The predicted octanol–water partition coefficient (Wildman–Crippen LogP) is 2.60. The summed E-state index contributed by atoms with van der Waals surface area (Å²) in [6.45, 7) is 2.22. The van der Waals surface area contributed by atoms with Crippen LogP contribution in [0.2, 0.25) is 0 Å². The third kappa shape index (κ3) is 4.63. The zero-order chi connectivity index (χ0) is 17.8. The number of urea groups is 1. The van der Waals surface area contributed by atoms with Gasteiger partial charge in [0.1, 0.15) is 5.82 Å². The van der Waals surface area contributed by atoms with E-state index < -0.39 is 0 Å². The van der Waals surface area contributed by atoms with Crippen LogP contribution in [0.3, 0.4) is 0 Å². The molecular weight excluding hydrogens is 321 g/mol. The molecule has 0 radical (unpaired) electrons. The molecule has 2 N–H and O–H groups in total. The molecular formula is C19H28FN3O2. The highest BCUT2D eigenvalue weighted by molar-refractivity contribution is 5.74. The van der Waals surface area contributed by atoms with E-state index in [4.69, 9.17) is 0 Å². The maximum absolute atomic E-state index is 13.3. The average Bonchev–Trinajstić information content (AvgIpc) is 3.00. The molecule has 1 aromatic carbocycles. The number of piperidine rings is 1. The number of amides is 2. The smallest absolute Gasteiger partial charge is 0.317 e. The first-order chi connectivity index (χ1) is 12.0. The minimum absolute atomic E-state index is 0.0664. The van der Waals surface area contributed by atoms with Gasteiger partial charge in [-0.25, -0.2) is 9.18 Å². The molecule has 6 heteroatoms. The molecule has 1 saturated carbocycles. The van der Waals surface area contributed by atoms with Crippen LogP contribution in [0.5, 0.6) is 0 Å². The topological polar surface area (TPSA) is 55.8 Å². The van der Waals surface area contributed by atoms with Crippen molar-refractivity contribution in [2.24, 2.45) is 5.92 Å². The number of carbonyl (C=O) groups excluding carboxylic acids is 1. The molecule has 2 fully saturated rings. The number of hydrogen-bond donors (Lipinski definition) is 2. The summed E-state index contributed by atoms with van der Waals surface area (Å²) in [5, 5.41) is 13.0. The van der Waals surface area contributed by atoms with Crippen molar-refractivity contribution in [3.05, 3.63) is 30.1 Å². The molecule has 2 atom stereocenters. The highest BCUT2D eigenvalue weighted by Gasteiger charge is 2.28. The zero-order valence-electron chi connectivity index (χ0n) is 14.8. The Morgan fingerprint density at radius 3 is 2.72 bits per heavy atom. The van der Waals surface area contributed by atoms with E-state index in [2.05, 4.69) is 10.2 Å². The van der Waals surface area contributed by atoms with Crippen molar-refractivity contribution in [2.75, 3.05) is 31.6 Å². The van der Waals surface area contributed by atoms with Gasteiger partial charge >= 0.3 is 6.03 Å². The van der Waals surface area contributed by atoms with Crippen LogP contribution in [-0.2, 0) is 0 Å². The Balaban J connectivity index is 1.44. The summed E-state index contributed by atoms with van der Waals surface area (Å²) in [5.41, 5.74) is 0.900. The number of anilines is 1. The Morgan fingerprint density at radius 1 is 1.32 bits per heavy atom. The number of carbonyl (C=O) groups is 1. The Morgan fingerprint density at radius 2 is 2.08 bits per heavy atom. The fraction of sp³-hybridized carbons (Fsp3) is 0.632. The quantitative estimate of drug-likeness (QED) is 0.878.